The van der Waals surface area contributed by atoms with Gasteiger partial charge in [-0.25, -0.2) is 0 Å². The van der Waals surface area contributed by atoms with E-state index in [-0.39, 0.29) is 25.3 Å². The Hall–Kier alpha value is -0.450. The highest BCUT2D eigenvalue weighted by Gasteiger charge is 2.18. The average molecular weight is 301 g/mol. The van der Waals surface area contributed by atoms with E-state index in [1.54, 1.807) is 25.1 Å². The molecule has 0 aliphatic carbocycles. The van der Waals surface area contributed by atoms with E-state index in [1.165, 1.54) is 0 Å². The highest BCUT2D eigenvalue weighted by Crippen LogP contribution is 2.41. The smallest absolute Gasteiger partial charge is 0.346 e. The lowest BCUT2D eigenvalue weighted by atomic mass is 10.3. The lowest BCUT2D eigenvalue weighted by molar-refractivity contribution is 0.275. The van der Waals surface area contributed by atoms with E-state index in [0.29, 0.717) is 16.4 Å². The summed E-state index contributed by atoms with van der Waals surface area (Å²) in [4.78, 5) is 9.33. The van der Waals surface area contributed by atoms with E-state index in [0.717, 1.165) is 0 Å². The fraction of sp³-hybridized carbons (Fsp3) is 0.333. The van der Waals surface area contributed by atoms with Crippen LogP contribution in [0.5, 0.6) is 0 Å². The summed E-state index contributed by atoms with van der Waals surface area (Å²) in [5.41, 5.74) is 6.64. The van der Waals surface area contributed by atoms with Crippen molar-refractivity contribution in [2.24, 2.45) is 0 Å². The number of rotatable bonds is 5. The van der Waals surface area contributed by atoms with Crippen molar-refractivity contribution in [1.29, 1.82) is 0 Å². The van der Waals surface area contributed by atoms with Crippen molar-refractivity contribution in [1.82, 2.24) is 0 Å². The molecule has 0 aliphatic heterocycles. The second kappa shape index (κ2) is 7.09. The lowest BCUT2D eigenvalue weighted by Crippen LogP contribution is -2.06. The molecule has 0 spiro atoms. The Bertz CT molecular complexity index is 417. The minimum Gasteiger partial charge on any atom is -0.397 e. The second-order valence-corrected chi connectivity index (χ2v) is 5.41. The van der Waals surface area contributed by atoms with E-state index in [4.69, 9.17) is 21.9 Å². The van der Waals surface area contributed by atoms with Gasteiger partial charge in [-0.15, -0.1) is 12.4 Å². The van der Waals surface area contributed by atoms with Crippen LogP contribution in [0.25, 0.3) is 0 Å². The van der Waals surface area contributed by atoms with Gasteiger partial charge in [0.05, 0.1) is 18.0 Å². The Labute approximate surface area is 111 Å². The molecule has 98 valence electrons. The van der Waals surface area contributed by atoms with Gasteiger partial charge in [0.15, 0.2) is 0 Å². The molecular formula is C9H15Cl2N2O3P. The number of hydrogen-bond donors (Lipinski definition) is 3. The van der Waals surface area contributed by atoms with Crippen molar-refractivity contribution in [2.45, 2.75) is 6.92 Å². The van der Waals surface area contributed by atoms with Crippen LogP contribution in [-0.4, -0.2) is 17.8 Å². The van der Waals surface area contributed by atoms with E-state index in [2.05, 4.69) is 5.32 Å². The SMILES string of the molecule is CCOP(=O)(O)CNc1ccc(Cl)cc1N.Cl. The quantitative estimate of drug-likeness (QED) is 0.575. The molecule has 17 heavy (non-hydrogen) atoms. The Morgan fingerprint density at radius 3 is 2.76 bits per heavy atom. The molecule has 1 rings (SSSR count). The zero-order chi connectivity index (χ0) is 12.2. The van der Waals surface area contributed by atoms with E-state index < -0.39 is 7.60 Å². The molecule has 0 bridgehead atoms. The van der Waals surface area contributed by atoms with Crippen LogP contribution in [0.2, 0.25) is 5.02 Å². The van der Waals surface area contributed by atoms with Gasteiger partial charge in [-0.1, -0.05) is 11.6 Å². The fourth-order valence-electron chi connectivity index (χ4n) is 1.13. The summed E-state index contributed by atoms with van der Waals surface area (Å²) in [6, 6.07) is 4.85. The Kier molecular flexibility index (Phi) is 6.90. The molecule has 5 nitrogen and oxygen atoms in total. The minimum absolute atomic E-state index is 0. The summed E-state index contributed by atoms with van der Waals surface area (Å²) in [5.74, 6) is 0. The maximum absolute atomic E-state index is 11.4. The maximum Gasteiger partial charge on any atom is 0.346 e. The number of nitrogens with two attached hydrogens (primary N) is 1. The minimum atomic E-state index is -3.59. The largest absolute Gasteiger partial charge is 0.397 e. The van der Waals surface area contributed by atoms with Gasteiger partial charge in [0.2, 0.25) is 0 Å². The average Bonchev–Trinajstić information content (AvgIpc) is 2.16. The van der Waals surface area contributed by atoms with Gasteiger partial charge in [-0.05, 0) is 25.1 Å². The van der Waals surface area contributed by atoms with Crippen LogP contribution in [0.1, 0.15) is 6.92 Å². The molecule has 0 saturated carbocycles. The topological polar surface area (TPSA) is 84.6 Å². The van der Waals surface area contributed by atoms with Crippen molar-refractivity contribution >= 4 is 43.0 Å². The van der Waals surface area contributed by atoms with Crippen molar-refractivity contribution in [3.63, 3.8) is 0 Å². The summed E-state index contributed by atoms with van der Waals surface area (Å²) in [6.45, 7) is 1.84. The molecule has 0 amide bonds. The highest BCUT2D eigenvalue weighted by atomic mass is 35.5. The summed E-state index contributed by atoms with van der Waals surface area (Å²) in [7, 11) is -3.59. The molecule has 0 fully saturated rings. The number of hydrogen-bond acceptors (Lipinski definition) is 4. The lowest BCUT2D eigenvalue weighted by Gasteiger charge is -2.13. The van der Waals surface area contributed by atoms with E-state index in [1.807, 2.05) is 0 Å². The molecule has 1 aromatic carbocycles. The standard InChI is InChI=1S/C9H14ClN2O3P.ClH/c1-2-15-16(13,14)6-12-9-4-3-7(10)5-8(9)11;/h3-5,12H,2,6,11H2,1H3,(H,13,14);1H. The molecule has 1 unspecified atom stereocenters. The van der Waals surface area contributed by atoms with E-state index >= 15 is 0 Å². The van der Waals surface area contributed by atoms with Gasteiger partial charge in [0, 0.05) is 5.02 Å². The second-order valence-electron chi connectivity index (χ2n) is 3.12. The van der Waals surface area contributed by atoms with Gasteiger partial charge in [-0.3, -0.25) is 4.57 Å². The van der Waals surface area contributed by atoms with Crippen LogP contribution in [0, 0.1) is 0 Å². The van der Waals surface area contributed by atoms with Gasteiger partial charge in [-0.2, -0.15) is 0 Å². The van der Waals surface area contributed by atoms with Crippen molar-refractivity contribution in [3.05, 3.63) is 23.2 Å². The molecule has 0 aliphatic rings. The molecular weight excluding hydrogens is 286 g/mol. The Balaban J connectivity index is 0.00000256. The number of nitrogens with one attached hydrogen (secondary N) is 1. The van der Waals surface area contributed by atoms with Gasteiger partial charge in [0.25, 0.3) is 0 Å². The molecule has 8 heteroatoms. The number of nitrogen functional groups attached to an aromatic ring is 1. The zero-order valence-electron chi connectivity index (χ0n) is 9.22. The first-order valence-electron chi connectivity index (χ1n) is 4.70. The maximum atomic E-state index is 11.4. The molecule has 1 atom stereocenters. The predicted octanol–water partition coefficient (Wildman–Crippen LogP) is 2.94. The van der Waals surface area contributed by atoms with Crippen LogP contribution in [0.15, 0.2) is 18.2 Å². The third-order valence-electron chi connectivity index (χ3n) is 1.81. The third kappa shape index (κ3) is 5.61. The van der Waals surface area contributed by atoms with Gasteiger partial charge < -0.3 is 20.5 Å². The molecule has 1 aromatic rings. The summed E-state index contributed by atoms with van der Waals surface area (Å²) in [5, 5.41) is 3.26. The molecule has 0 heterocycles. The molecule has 0 aromatic heterocycles. The summed E-state index contributed by atoms with van der Waals surface area (Å²) < 4.78 is 16.1. The predicted molar refractivity (Wildman–Crippen MR) is 73.1 cm³/mol. The summed E-state index contributed by atoms with van der Waals surface area (Å²) in [6.07, 6.45) is -0.188. The normalized spacial score (nSPS) is 13.6. The van der Waals surface area contributed by atoms with Crippen molar-refractivity contribution in [2.75, 3.05) is 23.9 Å². The van der Waals surface area contributed by atoms with Gasteiger partial charge >= 0.3 is 7.60 Å². The first-order chi connectivity index (χ1) is 7.44. The number of halogens is 2. The summed E-state index contributed by atoms with van der Waals surface area (Å²) >= 11 is 5.72. The van der Waals surface area contributed by atoms with Gasteiger partial charge in [0.1, 0.15) is 6.29 Å². The fourth-order valence-corrected chi connectivity index (χ4v) is 2.17. The molecule has 4 N–H and O–H groups in total. The van der Waals surface area contributed by atoms with Crippen LogP contribution >= 0.6 is 31.6 Å². The monoisotopic (exact) mass is 300 g/mol. The van der Waals surface area contributed by atoms with E-state index in [9.17, 15) is 9.46 Å². The van der Waals surface area contributed by atoms with Crippen LogP contribution < -0.4 is 11.1 Å². The number of benzene rings is 1. The number of anilines is 2. The molecule has 0 saturated heterocycles. The Morgan fingerprint density at radius 1 is 1.59 bits per heavy atom. The first-order valence-corrected chi connectivity index (χ1v) is 6.84. The van der Waals surface area contributed by atoms with Crippen LogP contribution in [0.3, 0.4) is 0 Å². The van der Waals surface area contributed by atoms with Crippen LogP contribution in [-0.2, 0) is 9.09 Å². The third-order valence-corrected chi connectivity index (χ3v) is 3.27. The first kappa shape index (κ1) is 16.6. The van der Waals surface area contributed by atoms with Crippen LogP contribution in [0.4, 0.5) is 11.4 Å². The highest BCUT2D eigenvalue weighted by molar-refractivity contribution is 7.52. The zero-order valence-corrected chi connectivity index (χ0v) is 11.7. The Morgan fingerprint density at radius 2 is 2.24 bits per heavy atom. The van der Waals surface area contributed by atoms with Crippen molar-refractivity contribution in [3.8, 4) is 0 Å². The molecule has 0 radical (unpaired) electrons. The van der Waals surface area contributed by atoms with Crippen molar-refractivity contribution < 1.29 is 14.0 Å².